The van der Waals surface area contributed by atoms with E-state index in [1.807, 2.05) is 0 Å². The number of hydrogen-bond acceptors (Lipinski definition) is 4. The van der Waals surface area contributed by atoms with Gasteiger partial charge in [-0.05, 0) is 55.3 Å². The van der Waals surface area contributed by atoms with Crippen LogP contribution in [0.3, 0.4) is 0 Å². The average molecular weight is 399 g/mol. The lowest BCUT2D eigenvalue weighted by Crippen LogP contribution is -2.33. The SMILES string of the molecule is [CH2]c1cc(-c2ccccc2F)n(S(=O)(=O)c2cccc(NCC3CCO3)c2)c1. The Morgan fingerprint density at radius 1 is 1.18 bits per heavy atom. The van der Waals surface area contributed by atoms with E-state index in [4.69, 9.17) is 4.74 Å². The van der Waals surface area contributed by atoms with Gasteiger partial charge in [-0.1, -0.05) is 18.2 Å². The Kier molecular flexibility index (Phi) is 4.95. The first-order chi connectivity index (χ1) is 13.4. The highest BCUT2D eigenvalue weighted by atomic mass is 32.2. The maximum Gasteiger partial charge on any atom is 0.268 e. The van der Waals surface area contributed by atoms with Gasteiger partial charge >= 0.3 is 0 Å². The fourth-order valence-corrected chi connectivity index (χ4v) is 4.56. The highest BCUT2D eigenvalue weighted by molar-refractivity contribution is 7.90. The number of benzene rings is 2. The van der Waals surface area contributed by atoms with Gasteiger partial charge in [-0.2, -0.15) is 0 Å². The van der Waals surface area contributed by atoms with Crippen LogP contribution in [0.1, 0.15) is 12.0 Å². The molecule has 0 bridgehead atoms. The predicted octanol–water partition coefficient (Wildman–Crippen LogP) is 3.91. The van der Waals surface area contributed by atoms with Crippen LogP contribution in [-0.4, -0.2) is 31.6 Å². The van der Waals surface area contributed by atoms with E-state index in [0.29, 0.717) is 17.8 Å². The van der Waals surface area contributed by atoms with Crippen molar-refractivity contribution in [3.05, 3.63) is 79.1 Å². The summed E-state index contributed by atoms with van der Waals surface area (Å²) >= 11 is 0. The zero-order chi connectivity index (χ0) is 19.7. The quantitative estimate of drug-likeness (QED) is 0.683. The number of nitrogens with one attached hydrogen (secondary N) is 1. The lowest BCUT2D eigenvalue weighted by Gasteiger charge is -2.26. The Labute approximate surface area is 163 Å². The summed E-state index contributed by atoms with van der Waals surface area (Å²) in [4.78, 5) is 0.111. The number of aromatic nitrogens is 1. The van der Waals surface area contributed by atoms with Crippen molar-refractivity contribution < 1.29 is 17.5 Å². The zero-order valence-corrected chi connectivity index (χ0v) is 16.0. The van der Waals surface area contributed by atoms with Crippen molar-refractivity contribution in [2.75, 3.05) is 18.5 Å². The largest absolute Gasteiger partial charge is 0.382 e. The van der Waals surface area contributed by atoms with Crippen molar-refractivity contribution in [3.8, 4) is 11.3 Å². The number of nitrogens with zero attached hydrogens (tertiary/aromatic N) is 1. The van der Waals surface area contributed by atoms with Crippen molar-refractivity contribution in [2.45, 2.75) is 17.4 Å². The molecule has 1 aliphatic rings. The van der Waals surface area contributed by atoms with Crippen LogP contribution in [0.2, 0.25) is 0 Å². The van der Waals surface area contributed by atoms with Gasteiger partial charge in [0.05, 0.1) is 16.7 Å². The van der Waals surface area contributed by atoms with Gasteiger partial charge in [0.25, 0.3) is 10.0 Å². The summed E-state index contributed by atoms with van der Waals surface area (Å²) in [7, 11) is -3.93. The van der Waals surface area contributed by atoms with Gasteiger partial charge in [0, 0.05) is 30.6 Å². The van der Waals surface area contributed by atoms with E-state index >= 15 is 0 Å². The first kappa shape index (κ1) is 18.7. The first-order valence-corrected chi connectivity index (χ1v) is 10.4. The van der Waals surface area contributed by atoms with E-state index in [2.05, 4.69) is 12.2 Å². The van der Waals surface area contributed by atoms with E-state index in [1.165, 1.54) is 18.3 Å². The summed E-state index contributed by atoms with van der Waals surface area (Å²) < 4.78 is 47.3. The molecule has 1 atom stereocenters. The molecule has 1 unspecified atom stereocenters. The minimum Gasteiger partial charge on any atom is -0.382 e. The number of anilines is 1. The zero-order valence-electron chi connectivity index (χ0n) is 15.1. The highest BCUT2D eigenvalue weighted by Crippen LogP contribution is 2.29. The number of ether oxygens (including phenoxy) is 1. The minimum atomic E-state index is -3.93. The molecular weight excluding hydrogens is 379 g/mol. The summed E-state index contributed by atoms with van der Waals surface area (Å²) in [6.07, 6.45) is 2.55. The molecule has 0 amide bonds. The maximum absolute atomic E-state index is 14.3. The minimum absolute atomic E-state index is 0.111. The molecule has 0 spiro atoms. The summed E-state index contributed by atoms with van der Waals surface area (Å²) in [5, 5.41) is 3.20. The monoisotopic (exact) mass is 399 g/mol. The van der Waals surface area contributed by atoms with Crippen molar-refractivity contribution in [1.82, 2.24) is 3.97 Å². The van der Waals surface area contributed by atoms with Crippen molar-refractivity contribution in [3.63, 3.8) is 0 Å². The molecule has 1 aliphatic heterocycles. The van der Waals surface area contributed by atoms with Crippen LogP contribution in [0.4, 0.5) is 10.1 Å². The predicted molar refractivity (Wildman–Crippen MR) is 106 cm³/mol. The molecule has 1 radical (unpaired) electrons. The second-order valence-corrected chi connectivity index (χ2v) is 8.52. The van der Waals surface area contributed by atoms with Gasteiger partial charge in [0.1, 0.15) is 5.82 Å². The average Bonchev–Trinajstić information content (AvgIpc) is 3.03. The third-order valence-corrected chi connectivity index (χ3v) is 6.38. The van der Waals surface area contributed by atoms with Crippen LogP contribution >= 0.6 is 0 Å². The Morgan fingerprint density at radius 2 is 1.96 bits per heavy atom. The van der Waals surface area contributed by atoms with Crippen LogP contribution in [0.25, 0.3) is 11.3 Å². The number of hydrogen-bond donors (Lipinski definition) is 1. The normalized spacial score (nSPS) is 16.6. The summed E-state index contributed by atoms with van der Waals surface area (Å²) in [6.45, 7) is 5.20. The van der Waals surface area contributed by atoms with E-state index in [9.17, 15) is 12.8 Å². The summed E-state index contributed by atoms with van der Waals surface area (Å²) in [5.41, 5.74) is 1.62. The molecule has 7 heteroatoms. The maximum atomic E-state index is 14.3. The molecule has 2 heterocycles. The van der Waals surface area contributed by atoms with Crippen molar-refractivity contribution in [1.29, 1.82) is 0 Å². The molecule has 28 heavy (non-hydrogen) atoms. The Morgan fingerprint density at radius 3 is 2.68 bits per heavy atom. The van der Waals surface area contributed by atoms with E-state index in [0.717, 1.165) is 17.0 Å². The fourth-order valence-electron chi connectivity index (χ4n) is 3.12. The van der Waals surface area contributed by atoms with Gasteiger partial charge in [0.2, 0.25) is 0 Å². The second kappa shape index (κ2) is 7.41. The van der Waals surface area contributed by atoms with Gasteiger partial charge in [-0.3, -0.25) is 0 Å². The standard InChI is InChI=1S/C21H20FN2O3S/c1-15-11-21(19-7-2-3-8-20(19)22)24(14-15)28(25,26)18-6-4-5-16(12-18)23-13-17-9-10-27-17/h2-8,11-12,14,17,23H,1,9-10,13H2. The molecule has 1 N–H and O–H groups in total. The van der Waals surface area contributed by atoms with Crippen LogP contribution in [0.15, 0.2) is 65.7 Å². The molecular formula is C21H20FN2O3S. The van der Waals surface area contributed by atoms with Crippen molar-refractivity contribution >= 4 is 15.7 Å². The molecule has 0 aliphatic carbocycles. The third kappa shape index (κ3) is 3.55. The Hall–Kier alpha value is -2.64. The van der Waals surface area contributed by atoms with Crippen LogP contribution < -0.4 is 5.32 Å². The van der Waals surface area contributed by atoms with Crippen LogP contribution in [0.5, 0.6) is 0 Å². The molecule has 145 valence electrons. The molecule has 2 aromatic carbocycles. The van der Waals surface area contributed by atoms with E-state index < -0.39 is 15.8 Å². The lowest BCUT2D eigenvalue weighted by atomic mass is 10.1. The van der Waals surface area contributed by atoms with Gasteiger partial charge in [0.15, 0.2) is 0 Å². The summed E-state index contributed by atoms with van der Waals surface area (Å²) in [5.74, 6) is -0.493. The third-order valence-electron chi connectivity index (χ3n) is 4.71. The van der Waals surface area contributed by atoms with Gasteiger partial charge in [-0.25, -0.2) is 16.8 Å². The van der Waals surface area contributed by atoms with Crippen LogP contribution in [0, 0.1) is 12.7 Å². The highest BCUT2D eigenvalue weighted by Gasteiger charge is 2.23. The molecule has 0 saturated carbocycles. The first-order valence-electron chi connectivity index (χ1n) is 8.95. The fraction of sp³-hybridized carbons (Fsp3) is 0.190. The Balaban J connectivity index is 1.70. The molecule has 5 nitrogen and oxygen atoms in total. The molecule has 4 rings (SSSR count). The topological polar surface area (TPSA) is 60.3 Å². The van der Waals surface area contributed by atoms with E-state index in [1.54, 1.807) is 42.5 Å². The molecule has 1 aromatic heterocycles. The molecule has 1 saturated heterocycles. The van der Waals surface area contributed by atoms with Gasteiger partial charge in [-0.15, -0.1) is 0 Å². The molecule has 1 fully saturated rings. The van der Waals surface area contributed by atoms with Crippen LogP contribution in [-0.2, 0) is 14.8 Å². The second-order valence-electron chi connectivity index (χ2n) is 6.70. The Bertz CT molecular complexity index is 1100. The number of halogens is 1. The molecule has 3 aromatic rings. The van der Waals surface area contributed by atoms with Crippen molar-refractivity contribution in [2.24, 2.45) is 0 Å². The smallest absolute Gasteiger partial charge is 0.268 e. The van der Waals surface area contributed by atoms with Gasteiger partial charge < -0.3 is 10.1 Å². The number of rotatable bonds is 6. The summed E-state index contributed by atoms with van der Waals surface area (Å²) in [6, 6.07) is 14.2. The van der Waals surface area contributed by atoms with E-state index in [-0.39, 0.29) is 22.3 Å². The lowest BCUT2D eigenvalue weighted by molar-refractivity contribution is -0.0410.